The van der Waals surface area contributed by atoms with Crippen LogP contribution in [0.25, 0.3) is 16.5 Å². The summed E-state index contributed by atoms with van der Waals surface area (Å²) < 4.78 is 10.1. The number of Topliss-reactive ketones (excluding diaryl/α,β-unsaturated/α-hetero) is 1. The number of fused-ring (bicyclic) bond motifs is 3. The molecule has 1 aliphatic heterocycles. The van der Waals surface area contributed by atoms with E-state index in [0.717, 1.165) is 16.5 Å². The average Bonchev–Trinajstić information content (AvgIpc) is 3.01. The number of hydrogen-bond donors (Lipinski definition) is 2. The fraction of sp³-hybridized carbons (Fsp3) is 0.182. The van der Waals surface area contributed by atoms with Gasteiger partial charge in [-0.1, -0.05) is 18.2 Å². The number of methoxy groups -OCH3 is 2. The van der Waals surface area contributed by atoms with Crippen LogP contribution in [-0.4, -0.2) is 37.5 Å². The van der Waals surface area contributed by atoms with Gasteiger partial charge in [0.1, 0.15) is 5.75 Å². The van der Waals surface area contributed by atoms with Gasteiger partial charge in [0.05, 0.1) is 31.4 Å². The monoisotopic (exact) mass is 376 g/mol. The number of nitrogens with one attached hydrogen (secondary N) is 2. The van der Waals surface area contributed by atoms with E-state index in [2.05, 4.69) is 10.3 Å². The second-order valence-corrected chi connectivity index (χ2v) is 6.56. The van der Waals surface area contributed by atoms with E-state index in [-0.39, 0.29) is 5.78 Å². The first-order valence-corrected chi connectivity index (χ1v) is 8.95. The van der Waals surface area contributed by atoms with Crippen LogP contribution in [0.15, 0.2) is 54.7 Å². The van der Waals surface area contributed by atoms with E-state index in [1.54, 1.807) is 37.6 Å². The SMILES string of the molecule is COC(=O)C1=CNCC(C(=O)c2ccc(OC)cc2)c2c1[nH]c1ccccc21. The van der Waals surface area contributed by atoms with Crippen molar-refractivity contribution >= 4 is 28.2 Å². The Morgan fingerprint density at radius 2 is 1.79 bits per heavy atom. The largest absolute Gasteiger partial charge is 0.497 e. The highest BCUT2D eigenvalue weighted by Gasteiger charge is 2.32. The van der Waals surface area contributed by atoms with Gasteiger partial charge in [0, 0.05) is 29.2 Å². The summed E-state index contributed by atoms with van der Waals surface area (Å²) in [7, 11) is 2.93. The van der Waals surface area contributed by atoms with Crippen molar-refractivity contribution in [2.75, 3.05) is 20.8 Å². The van der Waals surface area contributed by atoms with Crippen LogP contribution in [0.3, 0.4) is 0 Å². The number of para-hydroxylation sites is 1. The van der Waals surface area contributed by atoms with Gasteiger partial charge in [0.2, 0.25) is 0 Å². The van der Waals surface area contributed by atoms with Crippen LogP contribution in [0.4, 0.5) is 0 Å². The highest BCUT2D eigenvalue weighted by Crippen LogP contribution is 2.36. The molecule has 28 heavy (non-hydrogen) atoms. The number of aromatic amines is 1. The quantitative estimate of drug-likeness (QED) is 0.540. The minimum atomic E-state index is -0.460. The summed E-state index contributed by atoms with van der Waals surface area (Å²) in [6, 6.07) is 14.8. The molecule has 2 heterocycles. The van der Waals surface area contributed by atoms with Gasteiger partial charge in [-0.15, -0.1) is 0 Å². The summed E-state index contributed by atoms with van der Waals surface area (Å²) in [5.41, 5.74) is 3.25. The number of ether oxygens (including phenoxy) is 2. The summed E-state index contributed by atoms with van der Waals surface area (Å²) >= 11 is 0. The number of carbonyl (C=O) groups is 2. The molecule has 6 nitrogen and oxygen atoms in total. The van der Waals surface area contributed by atoms with E-state index in [4.69, 9.17) is 9.47 Å². The van der Waals surface area contributed by atoms with Crippen molar-refractivity contribution in [2.45, 2.75) is 5.92 Å². The predicted octanol–water partition coefficient (Wildman–Crippen LogP) is 3.26. The smallest absolute Gasteiger partial charge is 0.341 e. The number of H-pyrrole nitrogens is 1. The Bertz CT molecular complexity index is 1080. The van der Waals surface area contributed by atoms with Gasteiger partial charge in [-0.3, -0.25) is 4.79 Å². The van der Waals surface area contributed by atoms with Crippen LogP contribution in [0.1, 0.15) is 27.5 Å². The summed E-state index contributed by atoms with van der Waals surface area (Å²) in [4.78, 5) is 29.0. The maximum absolute atomic E-state index is 13.4. The van der Waals surface area contributed by atoms with Gasteiger partial charge < -0.3 is 19.8 Å². The Kier molecular flexibility index (Phi) is 4.61. The first-order chi connectivity index (χ1) is 13.6. The minimum Gasteiger partial charge on any atom is -0.497 e. The van der Waals surface area contributed by atoms with E-state index in [0.29, 0.717) is 29.1 Å². The Balaban J connectivity index is 1.85. The first-order valence-electron chi connectivity index (χ1n) is 8.95. The Morgan fingerprint density at radius 3 is 2.50 bits per heavy atom. The second-order valence-electron chi connectivity index (χ2n) is 6.56. The van der Waals surface area contributed by atoms with Crippen LogP contribution in [0.5, 0.6) is 5.75 Å². The molecule has 0 aliphatic carbocycles. The van der Waals surface area contributed by atoms with Crippen molar-refractivity contribution in [1.29, 1.82) is 0 Å². The van der Waals surface area contributed by atoms with Crippen molar-refractivity contribution in [3.05, 3.63) is 71.6 Å². The van der Waals surface area contributed by atoms with Gasteiger partial charge in [0.25, 0.3) is 0 Å². The molecule has 4 rings (SSSR count). The highest BCUT2D eigenvalue weighted by molar-refractivity contribution is 6.18. The molecule has 1 unspecified atom stereocenters. The normalized spacial score (nSPS) is 15.8. The lowest BCUT2D eigenvalue weighted by molar-refractivity contribution is -0.133. The Labute approximate surface area is 162 Å². The molecule has 142 valence electrons. The molecule has 3 aromatic rings. The van der Waals surface area contributed by atoms with E-state index >= 15 is 0 Å². The molecular formula is C22H20N2O4. The highest BCUT2D eigenvalue weighted by atomic mass is 16.5. The lowest BCUT2D eigenvalue weighted by atomic mass is 9.88. The van der Waals surface area contributed by atoms with E-state index in [1.165, 1.54) is 7.11 Å². The van der Waals surface area contributed by atoms with Gasteiger partial charge in [0.15, 0.2) is 5.78 Å². The number of rotatable bonds is 4. The topological polar surface area (TPSA) is 80.4 Å². The summed E-state index contributed by atoms with van der Waals surface area (Å²) in [6.45, 7) is 0.375. The number of hydrogen-bond acceptors (Lipinski definition) is 5. The second kappa shape index (κ2) is 7.23. The van der Waals surface area contributed by atoms with Crippen LogP contribution in [0, 0.1) is 0 Å². The lowest BCUT2D eigenvalue weighted by Gasteiger charge is -2.16. The van der Waals surface area contributed by atoms with Crippen molar-refractivity contribution in [2.24, 2.45) is 0 Å². The van der Waals surface area contributed by atoms with Crippen molar-refractivity contribution in [3.8, 4) is 5.75 Å². The zero-order valence-electron chi connectivity index (χ0n) is 15.6. The van der Waals surface area contributed by atoms with Crippen molar-refractivity contribution in [3.63, 3.8) is 0 Å². The fourth-order valence-electron chi connectivity index (χ4n) is 3.64. The van der Waals surface area contributed by atoms with Crippen LogP contribution in [0.2, 0.25) is 0 Å². The zero-order chi connectivity index (χ0) is 19.7. The van der Waals surface area contributed by atoms with Crippen LogP contribution >= 0.6 is 0 Å². The van der Waals surface area contributed by atoms with Gasteiger partial charge >= 0.3 is 5.97 Å². The Morgan fingerprint density at radius 1 is 1.04 bits per heavy atom. The molecule has 0 saturated carbocycles. The maximum atomic E-state index is 13.4. The minimum absolute atomic E-state index is 0.0272. The van der Waals surface area contributed by atoms with Crippen molar-refractivity contribution in [1.82, 2.24) is 10.3 Å². The molecule has 0 bridgehead atoms. The number of esters is 1. The van der Waals surface area contributed by atoms with Crippen LogP contribution < -0.4 is 10.1 Å². The van der Waals surface area contributed by atoms with Gasteiger partial charge in [-0.2, -0.15) is 0 Å². The standard InChI is InChI=1S/C22H20N2O4/c1-27-14-9-7-13(8-10-14)21(25)16-11-23-12-17(22(26)28-2)20-19(16)15-5-3-4-6-18(15)24-20/h3-10,12,16,23-24H,11H2,1-2H3. The summed E-state index contributed by atoms with van der Waals surface area (Å²) in [6.07, 6.45) is 1.61. The molecule has 1 aromatic heterocycles. The number of benzene rings is 2. The van der Waals surface area contributed by atoms with E-state index in [1.807, 2.05) is 24.3 Å². The molecule has 1 atom stereocenters. The van der Waals surface area contributed by atoms with E-state index < -0.39 is 11.9 Å². The summed E-state index contributed by atoms with van der Waals surface area (Å²) in [5.74, 6) is -0.255. The predicted molar refractivity (Wildman–Crippen MR) is 106 cm³/mol. The number of carbonyl (C=O) groups excluding carboxylic acids is 2. The molecule has 0 fully saturated rings. The molecule has 6 heteroatoms. The number of aromatic nitrogens is 1. The molecular weight excluding hydrogens is 356 g/mol. The molecule has 1 aliphatic rings. The Hall–Kier alpha value is -3.54. The molecule has 0 saturated heterocycles. The third-order valence-corrected chi connectivity index (χ3v) is 5.03. The lowest BCUT2D eigenvalue weighted by Crippen LogP contribution is -2.23. The third-order valence-electron chi connectivity index (χ3n) is 5.03. The first kappa shape index (κ1) is 17.9. The van der Waals surface area contributed by atoms with Gasteiger partial charge in [-0.25, -0.2) is 4.79 Å². The maximum Gasteiger partial charge on any atom is 0.341 e. The van der Waals surface area contributed by atoms with Crippen LogP contribution in [-0.2, 0) is 9.53 Å². The molecule has 2 aromatic carbocycles. The molecule has 0 amide bonds. The molecule has 0 spiro atoms. The number of ketones is 1. The molecule has 0 radical (unpaired) electrons. The summed E-state index contributed by atoms with van der Waals surface area (Å²) in [5, 5.41) is 4.02. The van der Waals surface area contributed by atoms with Crippen molar-refractivity contribution < 1.29 is 19.1 Å². The van der Waals surface area contributed by atoms with E-state index in [9.17, 15) is 9.59 Å². The average molecular weight is 376 g/mol. The van der Waals surface area contributed by atoms with Gasteiger partial charge in [-0.05, 0) is 35.9 Å². The fourth-order valence-corrected chi connectivity index (χ4v) is 3.64. The third kappa shape index (κ3) is 2.93. The molecule has 2 N–H and O–H groups in total. The zero-order valence-corrected chi connectivity index (χ0v) is 15.6.